The summed E-state index contributed by atoms with van der Waals surface area (Å²) in [6, 6.07) is 12.3. The molecule has 4 heteroatoms. The molecular formula is C16H18N4. The number of nitrogens with one attached hydrogen (secondary N) is 2. The molecule has 0 saturated heterocycles. The Morgan fingerprint density at radius 2 is 1.90 bits per heavy atom. The molecule has 1 aromatic carbocycles. The van der Waals surface area contributed by atoms with Gasteiger partial charge in [0.05, 0.1) is 5.52 Å². The molecule has 0 aliphatic heterocycles. The van der Waals surface area contributed by atoms with Gasteiger partial charge >= 0.3 is 0 Å². The fourth-order valence-corrected chi connectivity index (χ4v) is 2.24. The molecule has 2 aromatic heterocycles. The third-order valence-corrected chi connectivity index (χ3v) is 3.36. The molecule has 0 saturated carbocycles. The van der Waals surface area contributed by atoms with Crippen LogP contribution >= 0.6 is 0 Å². The average Bonchev–Trinajstić information content (AvgIpc) is 2.83. The topological polar surface area (TPSA) is 53.6 Å². The average molecular weight is 266 g/mol. The summed E-state index contributed by atoms with van der Waals surface area (Å²) in [6.45, 7) is 4.94. The van der Waals surface area contributed by atoms with Gasteiger partial charge in [-0.05, 0) is 37.6 Å². The molecule has 0 unspecified atom stereocenters. The molecule has 0 amide bonds. The van der Waals surface area contributed by atoms with Crippen LogP contribution in [0.2, 0.25) is 0 Å². The second kappa shape index (κ2) is 5.33. The maximum atomic E-state index is 4.52. The van der Waals surface area contributed by atoms with Crippen molar-refractivity contribution in [1.29, 1.82) is 0 Å². The predicted octanol–water partition coefficient (Wildman–Crippen LogP) is 3.23. The normalized spacial score (nSPS) is 10.9. The first-order valence-electron chi connectivity index (χ1n) is 6.84. The molecule has 3 rings (SSSR count). The van der Waals surface area contributed by atoms with Crippen LogP contribution < -0.4 is 5.32 Å². The number of hydrogen-bond acceptors (Lipinski definition) is 3. The van der Waals surface area contributed by atoms with E-state index in [1.165, 1.54) is 11.3 Å². The molecule has 2 heterocycles. The van der Waals surface area contributed by atoms with Crippen molar-refractivity contribution < 1.29 is 0 Å². The molecule has 0 radical (unpaired) electrons. The van der Waals surface area contributed by atoms with Crippen molar-refractivity contribution in [3.63, 3.8) is 0 Å². The largest absolute Gasteiger partial charge is 0.384 e. The number of aromatic nitrogens is 3. The van der Waals surface area contributed by atoms with Crippen LogP contribution in [0.3, 0.4) is 0 Å². The van der Waals surface area contributed by atoms with Crippen molar-refractivity contribution in [2.24, 2.45) is 0 Å². The highest BCUT2D eigenvalue weighted by molar-refractivity contribution is 5.70. The molecule has 0 fully saturated rings. The summed E-state index contributed by atoms with van der Waals surface area (Å²) in [5.74, 6) is 0.971. The zero-order valence-corrected chi connectivity index (χ0v) is 11.8. The molecule has 0 aliphatic rings. The molecule has 0 spiro atoms. The Morgan fingerprint density at radius 3 is 2.75 bits per heavy atom. The summed E-state index contributed by atoms with van der Waals surface area (Å²) >= 11 is 0. The van der Waals surface area contributed by atoms with E-state index < -0.39 is 0 Å². The van der Waals surface area contributed by atoms with Crippen molar-refractivity contribution in [1.82, 2.24) is 15.0 Å². The minimum absolute atomic E-state index is 0.802. The van der Waals surface area contributed by atoms with Crippen LogP contribution in [-0.4, -0.2) is 21.5 Å². The number of nitrogens with zero attached hydrogens (tertiary/aromatic N) is 2. The quantitative estimate of drug-likeness (QED) is 0.762. The zero-order chi connectivity index (χ0) is 13.9. The van der Waals surface area contributed by atoms with Gasteiger partial charge in [-0.1, -0.05) is 18.2 Å². The Balaban J connectivity index is 1.67. The smallest absolute Gasteiger partial charge is 0.177 e. The number of hydrogen-bond donors (Lipinski definition) is 2. The van der Waals surface area contributed by atoms with Crippen molar-refractivity contribution in [2.45, 2.75) is 20.3 Å². The summed E-state index contributed by atoms with van der Waals surface area (Å²) in [5, 5.41) is 3.44. The van der Waals surface area contributed by atoms with Crippen molar-refractivity contribution in [3.8, 4) is 0 Å². The lowest BCUT2D eigenvalue weighted by Crippen LogP contribution is -2.06. The van der Waals surface area contributed by atoms with Crippen molar-refractivity contribution in [2.75, 3.05) is 11.9 Å². The van der Waals surface area contributed by atoms with Gasteiger partial charge in [-0.15, -0.1) is 0 Å². The van der Waals surface area contributed by atoms with E-state index in [0.717, 1.165) is 35.6 Å². The summed E-state index contributed by atoms with van der Waals surface area (Å²) in [6.07, 6.45) is 0.851. The van der Waals surface area contributed by atoms with Crippen LogP contribution in [0, 0.1) is 13.8 Å². The number of imidazole rings is 1. The van der Waals surface area contributed by atoms with Crippen LogP contribution in [0.4, 0.5) is 5.69 Å². The van der Waals surface area contributed by atoms with Crippen molar-refractivity contribution in [3.05, 3.63) is 53.5 Å². The number of benzene rings is 1. The lowest BCUT2D eigenvalue weighted by Gasteiger charge is -2.07. The van der Waals surface area contributed by atoms with Gasteiger partial charge in [0.25, 0.3) is 0 Å². The SMILES string of the molecule is Cc1ccc2[nH]c(CCNc3ccccc3C)nc2n1. The number of pyridine rings is 1. The van der Waals surface area contributed by atoms with Gasteiger partial charge in [0.15, 0.2) is 5.65 Å². The summed E-state index contributed by atoms with van der Waals surface area (Å²) in [4.78, 5) is 12.2. The molecule has 102 valence electrons. The Kier molecular flexibility index (Phi) is 3.37. The molecule has 0 atom stereocenters. The number of fused-ring (bicyclic) bond motifs is 1. The standard InChI is InChI=1S/C16H18N4/c1-11-5-3-4-6-13(11)17-10-9-15-19-14-8-7-12(2)18-16(14)20-15/h3-8,17H,9-10H2,1-2H3,(H,18,19,20). The molecule has 3 aromatic rings. The maximum absolute atomic E-state index is 4.52. The van der Waals surface area contributed by atoms with E-state index in [4.69, 9.17) is 0 Å². The third kappa shape index (κ3) is 2.64. The highest BCUT2D eigenvalue weighted by Gasteiger charge is 2.04. The fourth-order valence-electron chi connectivity index (χ4n) is 2.24. The summed E-state index contributed by atoms with van der Waals surface area (Å²) in [7, 11) is 0. The monoisotopic (exact) mass is 266 g/mol. The maximum Gasteiger partial charge on any atom is 0.177 e. The van der Waals surface area contributed by atoms with Crippen molar-refractivity contribution >= 4 is 16.9 Å². The van der Waals surface area contributed by atoms with Crippen LogP contribution in [0.25, 0.3) is 11.2 Å². The van der Waals surface area contributed by atoms with E-state index in [-0.39, 0.29) is 0 Å². The molecule has 20 heavy (non-hydrogen) atoms. The molecule has 2 N–H and O–H groups in total. The van der Waals surface area contributed by atoms with E-state index in [0.29, 0.717) is 0 Å². The number of para-hydroxylation sites is 1. The lowest BCUT2D eigenvalue weighted by molar-refractivity contribution is 0.931. The van der Waals surface area contributed by atoms with Crippen LogP contribution in [0.15, 0.2) is 36.4 Å². The van der Waals surface area contributed by atoms with E-state index >= 15 is 0 Å². The Labute approximate surface area is 118 Å². The first kappa shape index (κ1) is 12.7. The first-order valence-corrected chi connectivity index (χ1v) is 6.84. The second-order valence-electron chi connectivity index (χ2n) is 5.00. The van der Waals surface area contributed by atoms with Crippen LogP contribution in [0.5, 0.6) is 0 Å². The van der Waals surface area contributed by atoms with Gasteiger partial charge in [-0.25, -0.2) is 9.97 Å². The lowest BCUT2D eigenvalue weighted by atomic mass is 10.2. The Hall–Kier alpha value is -2.36. The van der Waals surface area contributed by atoms with Crippen LogP contribution in [0.1, 0.15) is 17.1 Å². The van der Waals surface area contributed by atoms with E-state index in [1.54, 1.807) is 0 Å². The molecular weight excluding hydrogens is 248 g/mol. The summed E-state index contributed by atoms with van der Waals surface area (Å²) in [5.41, 5.74) is 5.23. The van der Waals surface area contributed by atoms with Gasteiger partial charge in [-0.2, -0.15) is 0 Å². The van der Waals surface area contributed by atoms with E-state index in [1.807, 2.05) is 31.2 Å². The number of anilines is 1. The third-order valence-electron chi connectivity index (χ3n) is 3.36. The fraction of sp³-hybridized carbons (Fsp3) is 0.250. The van der Waals surface area contributed by atoms with Gasteiger partial charge < -0.3 is 10.3 Å². The zero-order valence-electron chi connectivity index (χ0n) is 11.8. The Bertz CT molecular complexity index is 730. The van der Waals surface area contributed by atoms with Gasteiger partial charge in [0.1, 0.15) is 5.82 Å². The van der Waals surface area contributed by atoms with Gasteiger partial charge in [-0.3, -0.25) is 0 Å². The first-order chi connectivity index (χ1) is 9.72. The summed E-state index contributed by atoms with van der Waals surface area (Å²) < 4.78 is 0. The predicted molar refractivity (Wildman–Crippen MR) is 82.0 cm³/mol. The Morgan fingerprint density at radius 1 is 1.05 bits per heavy atom. The molecule has 4 nitrogen and oxygen atoms in total. The van der Waals surface area contributed by atoms with Crippen LogP contribution in [-0.2, 0) is 6.42 Å². The second-order valence-corrected chi connectivity index (χ2v) is 5.00. The number of aromatic amines is 1. The molecule has 0 aliphatic carbocycles. The highest BCUT2D eigenvalue weighted by Crippen LogP contribution is 2.13. The van der Waals surface area contributed by atoms with E-state index in [2.05, 4.69) is 39.3 Å². The van der Waals surface area contributed by atoms with Gasteiger partial charge in [0.2, 0.25) is 0 Å². The molecule has 0 bridgehead atoms. The number of aryl methyl sites for hydroxylation is 2. The highest BCUT2D eigenvalue weighted by atomic mass is 15.0. The van der Waals surface area contributed by atoms with E-state index in [9.17, 15) is 0 Å². The minimum atomic E-state index is 0.802. The number of H-pyrrole nitrogens is 1. The minimum Gasteiger partial charge on any atom is -0.384 e. The van der Waals surface area contributed by atoms with Gasteiger partial charge in [0, 0.05) is 24.3 Å². The number of rotatable bonds is 4.